The standard InChI is InChI=1S/C30H31Cl2N5O2/c1-18-14-24(37(16-18)25(38)15-19-10-12-39-13-11-19)30-35-27(29(32)36-30)23-8-4-21(5-9-23)20-2-6-22(7-3-20)26-28(31)34-17-33-26/h2-9,17-19,24H,10-16H2,1H3,(H,33,34)(H,35,36)/t18-,24-/m0/s1. The van der Waals surface area contributed by atoms with E-state index in [9.17, 15) is 4.79 Å². The van der Waals surface area contributed by atoms with Gasteiger partial charge in [0.25, 0.3) is 0 Å². The minimum absolute atomic E-state index is 0.0839. The van der Waals surface area contributed by atoms with Crippen LogP contribution in [0.1, 0.15) is 44.5 Å². The molecule has 2 atom stereocenters. The Morgan fingerprint density at radius 3 is 2.18 bits per heavy atom. The molecule has 202 valence electrons. The molecular formula is C30H31Cl2N5O2. The highest BCUT2D eigenvalue weighted by atomic mass is 35.5. The van der Waals surface area contributed by atoms with Crippen molar-refractivity contribution in [3.05, 3.63) is 71.0 Å². The molecule has 6 rings (SSSR count). The van der Waals surface area contributed by atoms with Crippen molar-refractivity contribution in [3.8, 4) is 33.6 Å². The summed E-state index contributed by atoms with van der Waals surface area (Å²) >= 11 is 12.8. The van der Waals surface area contributed by atoms with E-state index in [1.54, 1.807) is 6.33 Å². The highest BCUT2D eigenvalue weighted by Crippen LogP contribution is 2.38. The number of hydrogen-bond acceptors (Lipinski definition) is 4. The van der Waals surface area contributed by atoms with E-state index in [4.69, 9.17) is 32.9 Å². The molecular weight excluding hydrogens is 533 g/mol. The molecule has 2 aromatic heterocycles. The minimum atomic E-state index is -0.0839. The van der Waals surface area contributed by atoms with Crippen molar-refractivity contribution < 1.29 is 9.53 Å². The number of hydrogen-bond donors (Lipinski definition) is 2. The summed E-state index contributed by atoms with van der Waals surface area (Å²) in [5.74, 6) is 1.78. The van der Waals surface area contributed by atoms with E-state index in [1.165, 1.54) is 0 Å². The number of nitrogens with one attached hydrogen (secondary N) is 2. The number of H-pyrrole nitrogens is 2. The van der Waals surface area contributed by atoms with Crippen LogP contribution < -0.4 is 0 Å². The zero-order valence-electron chi connectivity index (χ0n) is 21.8. The lowest BCUT2D eigenvalue weighted by Gasteiger charge is -2.27. The van der Waals surface area contributed by atoms with Crippen molar-refractivity contribution in [2.45, 2.75) is 38.6 Å². The molecule has 4 aromatic rings. The first-order valence-corrected chi connectivity index (χ1v) is 14.2. The van der Waals surface area contributed by atoms with Gasteiger partial charge in [0.15, 0.2) is 0 Å². The van der Waals surface area contributed by atoms with Crippen molar-refractivity contribution in [2.24, 2.45) is 11.8 Å². The topological polar surface area (TPSA) is 86.9 Å². The van der Waals surface area contributed by atoms with Crippen LogP contribution in [-0.2, 0) is 9.53 Å². The third-order valence-electron chi connectivity index (χ3n) is 7.87. The molecule has 0 saturated carbocycles. The van der Waals surface area contributed by atoms with Crippen LogP contribution in [0.25, 0.3) is 33.6 Å². The molecule has 2 N–H and O–H groups in total. The van der Waals surface area contributed by atoms with E-state index in [-0.39, 0.29) is 11.9 Å². The normalized spacial score (nSPS) is 20.0. The molecule has 2 aromatic carbocycles. The third-order valence-corrected chi connectivity index (χ3v) is 8.43. The number of imidazole rings is 2. The van der Waals surface area contributed by atoms with Gasteiger partial charge < -0.3 is 19.6 Å². The Hall–Kier alpha value is -3.13. The third kappa shape index (κ3) is 5.49. The molecule has 4 heterocycles. The first-order valence-electron chi connectivity index (χ1n) is 13.5. The molecule has 39 heavy (non-hydrogen) atoms. The van der Waals surface area contributed by atoms with Gasteiger partial charge in [0.1, 0.15) is 27.5 Å². The van der Waals surface area contributed by atoms with E-state index in [0.29, 0.717) is 34.3 Å². The van der Waals surface area contributed by atoms with Gasteiger partial charge in [0.05, 0.1) is 12.4 Å². The van der Waals surface area contributed by atoms with E-state index >= 15 is 0 Å². The fourth-order valence-electron chi connectivity index (χ4n) is 5.73. The molecule has 2 fully saturated rings. The number of aromatic amines is 2. The number of aromatic nitrogens is 4. The van der Waals surface area contributed by atoms with Gasteiger partial charge in [-0.1, -0.05) is 78.7 Å². The van der Waals surface area contributed by atoms with Crippen LogP contribution in [0.2, 0.25) is 10.3 Å². The molecule has 2 saturated heterocycles. The lowest BCUT2D eigenvalue weighted by Crippen LogP contribution is -2.33. The molecule has 7 nitrogen and oxygen atoms in total. The monoisotopic (exact) mass is 563 g/mol. The van der Waals surface area contributed by atoms with Crippen LogP contribution in [0, 0.1) is 11.8 Å². The highest BCUT2D eigenvalue weighted by molar-refractivity contribution is 6.32. The van der Waals surface area contributed by atoms with Crippen molar-refractivity contribution in [2.75, 3.05) is 19.8 Å². The number of halogens is 2. The fourth-order valence-corrected chi connectivity index (χ4v) is 6.19. The summed E-state index contributed by atoms with van der Waals surface area (Å²) in [4.78, 5) is 30.6. The molecule has 0 aliphatic carbocycles. The van der Waals surface area contributed by atoms with E-state index in [2.05, 4.69) is 46.1 Å². The Bertz CT molecular complexity index is 1440. The Labute approximate surface area is 237 Å². The molecule has 0 bridgehead atoms. The summed E-state index contributed by atoms with van der Waals surface area (Å²) in [7, 11) is 0. The van der Waals surface area contributed by atoms with Gasteiger partial charge in [-0.15, -0.1) is 0 Å². The average molecular weight is 565 g/mol. The summed E-state index contributed by atoms with van der Waals surface area (Å²) in [5, 5.41) is 1.02. The van der Waals surface area contributed by atoms with Crippen LogP contribution in [0.15, 0.2) is 54.9 Å². The average Bonchev–Trinajstić information content (AvgIpc) is 3.67. The van der Waals surface area contributed by atoms with Crippen molar-refractivity contribution in [1.29, 1.82) is 0 Å². The molecule has 9 heteroatoms. The number of benzene rings is 2. The second-order valence-electron chi connectivity index (χ2n) is 10.7. The number of carbonyl (C=O) groups excluding carboxylic acids is 1. The van der Waals surface area contributed by atoms with E-state index < -0.39 is 0 Å². The summed E-state index contributed by atoms with van der Waals surface area (Å²) in [6.45, 7) is 4.44. The largest absolute Gasteiger partial charge is 0.381 e. The Morgan fingerprint density at radius 1 is 0.949 bits per heavy atom. The van der Waals surface area contributed by atoms with E-state index in [0.717, 1.165) is 72.8 Å². The lowest BCUT2D eigenvalue weighted by atomic mass is 9.96. The van der Waals surface area contributed by atoms with Gasteiger partial charge in [-0.05, 0) is 42.2 Å². The smallest absolute Gasteiger partial charge is 0.223 e. The highest BCUT2D eigenvalue weighted by Gasteiger charge is 2.37. The fraction of sp³-hybridized carbons (Fsp3) is 0.367. The van der Waals surface area contributed by atoms with Crippen LogP contribution >= 0.6 is 23.2 Å². The SMILES string of the molecule is C[C@H]1C[C@@H](c2nc(-c3ccc(-c4ccc(-c5nc[nH]c5Cl)cc4)cc3)c(Cl)[nH]2)N(C(=O)CC2CCOCC2)C1. The predicted octanol–water partition coefficient (Wildman–Crippen LogP) is 7.17. The molecule has 1 amide bonds. The number of nitrogens with zero attached hydrogens (tertiary/aromatic N) is 3. The van der Waals surface area contributed by atoms with Gasteiger partial charge in [-0.3, -0.25) is 4.79 Å². The van der Waals surface area contributed by atoms with Crippen molar-refractivity contribution in [1.82, 2.24) is 24.8 Å². The van der Waals surface area contributed by atoms with Crippen molar-refractivity contribution in [3.63, 3.8) is 0 Å². The molecule has 2 aliphatic heterocycles. The van der Waals surface area contributed by atoms with Crippen LogP contribution in [0.5, 0.6) is 0 Å². The maximum atomic E-state index is 13.3. The number of rotatable bonds is 6. The number of likely N-dealkylation sites (tertiary alicyclic amines) is 1. The van der Waals surface area contributed by atoms with Crippen LogP contribution in [0.4, 0.5) is 0 Å². The lowest BCUT2D eigenvalue weighted by molar-refractivity contribution is -0.134. The second-order valence-corrected chi connectivity index (χ2v) is 11.4. The zero-order valence-corrected chi connectivity index (χ0v) is 23.3. The van der Waals surface area contributed by atoms with Crippen LogP contribution in [-0.4, -0.2) is 50.5 Å². The number of ether oxygens (including phenoxy) is 1. The Morgan fingerprint density at radius 2 is 1.56 bits per heavy atom. The number of carbonyl (C=O) groups is 1. The van der Waals surface area contributed by atoms with Crippen molar-refractivity contribution >= 4 is 29.1 Å². The molecule has 2 aliphatic rings. The summed E-state index contributed by atoms with van der Waals surface area (Å²) in [6, 6.07) is 16.3. The van der Waals surface area contributed by atoms with Gasteiger partial charge in [-0.2, -0.15) is 0 Å². The quantitative estimate of drug-likeness (QED) is 0.260. The second kappa shape index (κ2) is 11.2. The maximum absolute atomic E-state index is 13.3. The zero-order chi connectivity index (χ0) is 26.9. The first kappa shape index (κ1) is 26.1. The Balaban J connectivity index is 1.18. The maximum Gasteiger partial charge on any atom is 0.223 e. The van der Waals surface area contributed by atoms with Gasteiger partial charge >= 0.3 is 0 Å². The summed E-state index contributed by atoms with van der Waals surface area (Å²) < 4.78 is 5.46. The first-order chi connectivity index (χ1) is 19.0. The summed E-state index contributed by atoms with van der Waals surface area (Å²) in [5.41, 5.74) is 5.50. The number of amides is 1. The molecule has 0 spiro atoms. The summed E-state index contributed by atoms with van der Waals surface area (Å²) in [6.07, 6.45) is 4.95. The predicted molar refractivity (Wildman–Crippen MR) is 153 cm³/mol. The molecule has 0 radical (unpaired) electrons. The Kier molecular flexibility index (Phi) is 7.47. The van der Waals surface area contributed by atoms with Gasteiger partial charge in [0, 0.05) is 37.3 Å². The van der Waals surface area contributed by atoms with Gasteiger partial charge in [-0.25, -0.2) is 9.97 Å². The van der Waals surface area contributed by atoms with Gasteiger partial charge in [0.2, 0.25) is 5.91 Å². The molecule has 0 unspecified atom stereocenters. The minimum Gasteiger partial charge on any atom is -0.381 e. The van der Waals surface area contributed by atoms with E-state index in [1.807, 2.05) is 29.2 Å². The van der Waals surface area contributed by atoms with Crippen LogP contribution in [0.3, 0.4) is 0 Å².